The Hall–Kier alpha value is -1.88. The fourth-order valence-electron chi connectivity index (χ4n) is 4.39. The van der Waals surface area contributed by atoms with Crippen LogP contribution in [0.3, 0.4) is 0 Å². The Labute approximate surface area is 204 Å². The number of amides is 1. The SMILES string of the molecule is CN=C(NCCNC(=O)c1scnc1C)NC1CC2(CCCC2)Oc2ccccc21.I. The van der Waals surface area contributed by atoms with Crippen LogP contribution in [0.5, 0.6) is 5.75 Å². The van der Waals surface area contributed by atoms with Crippen molar-refractivity contribution in [2.75, 3.05) is 20.1 Å². The van der Waals surface area contributed by atoms with Gasteiger partial charge in [-0.1, -0.05) is 18.2 Å². The molecule has 1 amide bonds. The van der Waals surface area contributed by atoms with Gasteiger partial charge < -0.3 is 20.7 Å². The van der Waals surface area contributed by atoms with Gasteiger partial charge in [-0.15, -0.1) is 35.3 Å². The van der Waals surface area contributed by atoms with Crippen LogP contribution in [0.25, 0.3) is 0 Å². The third-order valence-corrected chi connectivity index (χ3v) is 6.83. The van der Waals surface area contributed by atoms with Gasteiger partial charge in [0.15, 0.2) is 5.96 Å². The summed E-state index contributed by atoms with van der Waals surface area (Å²) in [5, 5.41) is 9.82. The smallest absolute Gasteiger partial charge is 0.263 e. The molecule has 2 heterocycles. The van der Waals surface area contributed by atoms with E-state index in [2.05, 4.69) is 44.1 Å². The number of nitrogens with zero attached hydrogens (tertiary/aromatic N) is 2. The normalized spacial score (nSPS) is 19.2. The molecular formula is C22H30IN5O2S. The molecule has 2 aromatic rings. The molecule has 1 aromatic heterocycles. The number of aryl methyl sites for hydroxylation is 1. The van der Waals surface area contributed by atoms with Crippen LogP contribution in [0.2, 0.25) is 0 Å². The van der Waals surface area contributed by atoms with Crippen molar-refractivity contribution in [2.45, 2.75) is 50.7 Å². The third kappa shape index (κ3) is 5.49. The van der Waals surface area contributed by atoms with E-state index in [4.69, 9.17) is 4.74 Å². The minimum absolute atomic E-state index is 0. The van der Waals surface area contributed by atoms with Crippen molar-refractivity contribution in [3.63, 3.8) is 0 Å². The van der Waals surface area contributed by atoms with Gasteiger partial charge in [0.25, 0.3) is 5.91 Å². The summed E-state index contributed by atoms with van der Waals surface area (Å²) in [5.74, 6) is 1.63. The minimum Gasteiger partial charge on any atom is -0.487 e. The van der Waals surface area contributed by atoms with E-state index in [1.807, 2.05) is 13.0 Å². The Bertz CT molecular complexity index is 926. The lowest BCUT2D eigenvalue weighted by Crippen LogP contribution is -2.47. The van der Waals surface area contributed by atoms with E-state index in [-0.39, 0.29) is 41.5 Å². The standard InChI is InChI=1S/C22H29N5O2S.HI/c1-15-19(30-14-26-15)20(28)24-11-12-25-21(23-2)27-17-13-22(9-5-6-10-22)29-18-8-4-3-7-16(17)18;/h3-4,7-8,14,17H,5-6,9-13H2,1-2H3,(H,24,28)(H2,23,25,27);1H. The molecule has 0 bridgehead atoms. The van der Waals surface area contributed by atoms with Crippen LogP contribution in [-0.4, -0.2) is 42.6 Å². The van der Waals surface area contributed by atoms with Gasteiger partial charge in [-0.05, 0) is 38.7 Å². The van der Waals surface area contributed by atoms with Crippen LogP contribution in [0, 0.1) is 6.92 Å². The average Bonchev–Trinajstić information content (AvgIpc) is 3.38. The number of para-hydroxylation sites is 1. The summed E-state index contributed by atoms with van der Waals surface area (Å²) in [6, 6.07) is 8.42. The monoisotopic (exact) mass is 555 g/mol. The number of carbonyl (C=O) groups excluding carboxylic acids is 1. The molecule has 168 valence electrons. The lowest BCUT2D eigenvalue weighted by atomic mass is 9.86. The Kier molecular flexibility index (Phi) is 8.15. The van der Waals surface area contributed by atoms with Gasteiger partial charge in [-0.2, -0.15) is 0 Å². The van der Waals surface area contributed by atoms with Crippen LogP contribution in [-0.2, 0) is 0 Å². The second kappa shape index (κ2) is 10.6. The fourth-order valence-corrected chi connectivity index (χ4v) is 5.11. The first kappa shape index (κ1) is 23.8. The van der Waals surface area contributed by atoms with Crippen LogP contribution in [0.15, 0.2) is 34.8 Å². The van der Waals surface area contributed by atoms with E-state index in [9.17, 15) is 4.79 Å². The first-order chi connectivity index (χ1) is 14.6. The molecule has 1 fully saturated rings. The largest absolute Gasteiger partial charge is 0.487 e. The Morgan fingerprint density at radius 1 is 1.26 bits per heavy atom. The van der Waals surface area contributed by atoms with E-state index in [1.165, 1.54) is 29.7 Å². The third-order valence-electron chi connectivity index (χ3n) is 5.90. The first-order valence-corrected chi connectivity index (χ1v) is 11.4. The van der Waals surface area contributed by atoms with E-state index in [0.29, 0.717) is 18.0 Å². The molecule has 9 heteroatoms. The zero-order chi connectivity index (χ0) is 21.0. The number of guanidine groups is 1. The molecule has 1 saturated carbocycles. The highest BCUT2D eigenvalue weighted by molar-refractivity contribution is 14.0. The maximum absolute atomic E-state index is 12.2. The average molecular weight is 555 g/mol. The molecular weight excluding hydrogens is 525 g/mol. The fraction of sp³-hybridized carbons (Fsp3) is 0.500. The summed E-state index contributed by atoms with van der Waals surface area (Å²) < 4.78 is 6.44. The molecule has 4 rings (SSSR count). The zero-order valence-electron chi connectivity index (χ0n) is 17.9. The highest BCUT2D eigenvalue weighted by atomic mass is 127. The van der Waals surface area contributed by atoms with Crippen LogP contribution < -0.4 is 20.7 Å². The molecule has 1 aliphatic carbocycles. The predicted molar refractivity (Wildman–Crippen MR) is 135 cm³/mol. The number of benzene rings is 1. The highest BCUT2D eigenvalue weighted by Crippen LogP contribution is 2.46. The van der Waals surface area contributed by atoms with Gasteiger partial charge in [0.2, 0.25) is 0 Å². The quantitative estimate of drug-likeness (QED) is 0.226. The van der Waals surface area contributed by atoms with Gasteiger partial charge in [-0.25, -0.2) is 4.98 Å². The number of carbonyl (C=O) groups is 1. The number of ether oxygens (including phenoxy) is 1. The maximum Gasteiger partial charge on any atom is 0.263 e. The summed E-state index contributed by atoms with van der Waals surface area (Å²) in [6.07, 6.45) is 5.59. The zero-order valence-corrected chi connectivity index (χ0v) is 21.1. The summed E-state index contributed by atoms with van der Waals surface area (Å²) in [7, 11) is 1.77. The van der Waals surface area contributed by atoms with Crippen molar-refractivity contribution >= 4 is 47.2 Å². The predicted octanol–water partition coefficient (Wildman–Crippen LogP) is 3.80. The second-order valence-corrected chi connectivity index (χ2v) is 8.81. The van der Waals surface area contributed by atoms with E-state index in [0.717, 1.165) is 36.7 Å². The van der Waals surface area contributed by atoms with Crippen molar-refractivity contribution in [2.24, 2.45) is 4.99 Å². The molecule has 1 aliphatic heterocycles. The molecule has 2 aliphatic rings. The van der Waals surface area contributed by atoms with Gasteiger partial charge in [0, 0.05) is 32.1 Å². The Morgan fingerprint density at radius 2 is 2.00 bits per heavy atom. The number of hydrogen-bond donors (Lipinski definition) is 3. The Balaban J connectivity index is 0.00000272. The number of thiazole rings is 1. The summed E-state index contributed by atoms with van der Waals surface area (Å²) in [5.41, 5.74) is 3.57. The van der Waals surface area contributed by atoms with Gasteiger partial charge in [-0.3, -0.25) is 9.79 Å². The van der Waals surface area contributed by atoms with Crippen LogP contribution >= 0.6 is 35.3 Å². The van der Waals surface area contributed by atoms with Crippen molar-refractivity contribution in [3.05, 3.63) is 45.9 Å². The summed E-state index contributed by atoms with van der Waals surface area (Å²) in [4.78, 5) is 21.4. The van der Waals surface area contributed by atoms with Gasteiger partial charge in [0.1, 0.15) is 16.2 Å². The van der Waals surface area contributed by atoms with Crippen LogP contribution in [0.4, 0.5) is 0 Å². The van der Waals surface area contributed by atoms with Crippen molar-refractivity contribution < 1.29 is 9.53 Å². The number of halogens is 1. The molecule has 3 N–H and O–H groups in total. The maximum atomic E-state index is 12.2. The lowest BCUT2D eigenvalue weighted by Gasteiger charge is -2.40. The van der Waals surface area contributed by atoms with Gasteiger partial charge >= 0.3 is 0 Å². The van der Waals surface area contributed by atoms with E-state index >= 15 is 0 Å². The summed E-state index contributed by atoms with van der Waals surface area (Å²) >= 11 is 1.36. The molecule has 1 spiro atoms. The molecule has 1 aromatic carbocycles. The highest BCUT2D eigenvalue weighted by Gasteiger charge is 2.43. The van der Waals surface area contributed by atoms with Crippen molar-refractivity contribution in [1.29, 1.82) is 0 Å². The second-order valence-electron chi connectivity index (χ2n) is 7.95. The number of aliphatic imine (C=N–C) groups is 1. The van der Waals surface area contributed by atoms with Crippen molar-refractivity contribution in [1.82, 2.24) is 20.9 Å². The molecule has 1 unspecified atom stereocenters. The Morgan fingerprint density at radius 3 is 2.71 bits per heavy atom. The number of aromatic nitrogens is 1. The molecule has 0 saturated heterocycles. The van der Waals surface area contributed by atoms with E-state index in [1.54, 1.807) is 12.6 Å². The molecule has 31 heavy (non-hydrogen) atoms. The van der Waals surface area contributed by atoms with Crippen molar-refractivity contribution in [3.8, 4) is 5.75 Å². The minimum atomic E-state index is -0.0821. The number of fused-ring (bicyclic) bond motifs is 1. The van der Waals surface area contributed by atoms with E-state index < -0.39 is 0 Å². The lowest BCUT2D eigenvalue weighted by molar-refractivity contribution is 0.0396. The summed E-state index contributed by atoms with van der Waals surface area (Å²) in [6.45, 7) is 2.93. The topological polar surface area (TPSA) is 87.6 Å². The number of hydrogen-bond acceptors (Lipinski definition) is 5. The van der Waals surface area contributed by atoms with Crippen LogP contribution in [0.1, 0.15) is 59.1 Å². The first-order valence-electron chi connectivity index (χ1n) is 10.5. The molecule has 7 nitrogen and oxygen atoms in total. The number of rotatable bonds is 5. The molecule has 0 radical (unpaired) electrons. The number of nitrogens with one attached hydrogen (secondary N) is 3. The van der Waals surface area contributed by atoms with Gasteiger partial charge in [0.05, 0.1) is 17.2 Å². The molecule has 1 atom stereocenters.